The van der Waals surface area contributed by atoms with E-state index in [1.165, 1.54) is 5.56 Å². The number of nitrogens with zero attached hydrogens (tertiary/aromatic N) is 4. The number of amides is 2. The molecule has 0 atom stereocenters. The Kier molecular flexibility index (Phi) is 8.93. The molecule has 0 unspecified atom stereocenters. The van der Waals surface area contributed by atoms with Crippen LogP contribution in [0.5, 0.6) is 5.75 Å². The van der Waals surface area contributed by atoms with Crippen molar-refractivity contribution in [3.63, 3.8) is 0 Å². The number of rotatable bonds is 3. The highest BCUT2D eigenvalue weighted by Crippen LogP contribution is 2.38. The van der Waals surface area contributed by atoms with E-state index < -0.39 is 0 Å². The molecule has 1 aromatic heterocycles. The van der Waals surface area contributed by atoms with Gasteiger partial charge in [-0.1, -0.05) is 38.5 Å². The summed E-state index contributed by atoms with van der Waals surface area (Å²) in [6.45, 7) is 7.10. The number of hydrogen-bond donors (Lipinski definition) is 0. The maximum absolute atomic E-state index is 13.4. The van der Waals surface area contributed by atoms with Gasteiger partial charge in [-0.25, -0.2) is 0 Å². The van der Waals surface area contributed by atoms with E-state index in [0.717, 1.165) is 82.4 Å². The summed E-state index contributed by atoms with van der Waals surface area (Å²) in [6, 6.07) is 10.2. The molecule has 3 heterocycles. The highest BCUT2D eigenvalue weighted by atomic mass is 16.5. The number of likely N-dealkylation sites (tertiary alicyclic amines) is 1. The Balaban J connectivity index is 1.43. The largest absolute Gasteiger partial charge is 0.493 e. The van der Waals surface area contributed by atoms with E-state index in [0.29, 0.717) is 24.6 Å². The number of ether oxygens (including phenoxy) is 1. The molecule has 1 spiro atoms. The fourth-order valence-electron chi connectivity index (χ4n) is 5.93. The molecule has 0 saturated carbocycles. The molecule has 0 aliphatic carbocycles. The second-order valence-electron chi connectivity index (χ2n) is 11.6. The molecule has 1 fully saturated rings. The summed E-state index contributed by atoms with van der Waals surface area (Å²) in [6.07, 6.45) is 8.21. The minimum absolute atomic E-state index is 0.0522. The van der Waals surface area contributed by atoms with E-state index in [-0.39, 0.29) is 17.2 Å². The summed E-state index contributed by atoms with van der Waals surface area (Å²) in [5.74, 6) is 1.71. The lowest BCUT2D eigenvalue weighted by atomic mass is 9.73. The van der Waals surface area contributed by atoms with Gasteiger partial charge in [0, 0.05) is 40.2 Å². The summed E-state index contributed by atoms with van der Waals surface area (Å²) >= 11 is 0. The van der Waals surface area contributed by atoms with Gasteiger partial charge in [0.1, 0.15) is 11.4 Å². The molecule has 2 aliphatic heterocycles. The van der Waals surface area contributed by atoms with Gasteiger partial charge in [-0.3, -0.25) is 14.3 Å². The Bertz CT molecular complexity index is 1070. The number of para-hydroxylation sites is 1. The summed E-state index contributed by atoms with van der Waals surface area (Å²) < 4.78 is 7.75. The van der Waals surface area contributed by atoms with Gasteiger partial charge in [-0.2, -0.15) is 5.10 Å². The first-order chi connectivity index (χ1) is 17.8. The van der Waals surface area contributed by atoms with Gasteiger partial charge in [0.2, 0.25) is 5.91 Å². The number of benzene rings is 1. The number of hydrogen-bond acceptors (Lipinski definition) is 4. The van der Waals surface area contributed by atoms with Crippen molar-refractivity contribution in [3.8, 4) is 5.75 Å². The van der Waals surface area contributed by atoms with E-state index in [2.05, 4.69) is 31.1 Å². The zero-order chi connectivity index (χ0) is 26.4. The summed E-state index contributed by atoms with van der Waals surface area (Å²) in [4.78, 5) is 30.2. The van der Waals surface area contributed by atoms with Crippen LogP contribution in [0.25, 0.3) is 0 Å². The number of aromatic nitrogens is 2. The van der Waals surface area contributed by atoms with E-state index >= 15 is 0 Å². The van der Waals surface area contributed by atoms with Crippen molar-refractivity contribution in [2.75, 3.05) is 33.3 Å². The van der Waals surface area contributed by atoms with Crippen molar-refractivity contribution in [2.24, 2.45) is 18.4 Å². The zero-order valence-electron chi connectivity index (χ0n) is 23.2. The molecule has 37 heavy (non-hydrogen) atoms. The molecule has 2 amide bonds. The predicted molar refractivity (Wildman–Crippen MR) is 146 cm³/mol. The van der Waals surface area contributed by atoms with Crippen LogP contribution in [-0.2, 0) is 24.7 Å². The van der Waals surface area contributed by atoms with E-state index in [4.69, 9.17) is 4.74 Å². The van der Waals surface area contributed by atoms with Gasteiger partial charge < -0.3 is 14.5 Å². The van der Waals surface area contributed by atoms with Gasteiger partial charge in [0.05, 0.1) is 12.3 Å². The SMILES string of the molecule is CC(C)Cc1cc(C(=O)N2CCC3(CCCCc4ccccc4OCCCC(=O)N(C)C3)CC2)n(C)n1. The van der Waals surface area contributed by atoms with Crippen molar-refractivity contribution < 1.29 is 14.3 Å². The maximum Gasteiger partial charge on any atom is 0.272 e. The number of carbonyl (C=O) groups is 2. The first-order valence-electron chi connectivity index (χ1n) is 14.0. The molecule has 2 aromatic rings. The van der Waals surface area contributed by atoms with Gasteiger partial charge in [0.15, 0.2) is 0 Å². The molecule has 1 saturated heterocycles. The van der Waals surface area contributed by atoms with E-state index in [1.807, 2.05) is 42.1 Å². The molecule has 7 heteroatoms. The molecule has 2 aliphatic rings. The van der Waals surface area contributed by atoms with E-state index in [9.17, 15) is 9.59 Å². The van der Waals surface area contributed by atoms with Gasteiger partial charge in [-0.05, 0) is 74.0 Å². The Hall–Kier alpha value is -2.83. The number of carbonyl (C=O) groups excluding carboxylic acids is 2. The van der Waals surface area contributed by atoms with Crippen molar-refractivity contribution in [3.05, 3.63) is 47.3 Å². The number of fused-ring (bicyclic) bond motifs is 1. The van der Waals surface area contributed by atoms with Gasteiger partial charge in [-0.15, -0.1) is 0 Å². The lowest BCUT2D eigenvalue weighted by Crippen LogP contribution is -2.48. The lowest BCUT2D eigenvalue weighted by molar-refractivity contribution is -0.132. The highest BCUT2D eigenvalue weighted by molar-refractivity contribution is 5.92. The van der Waals surface area contributed by atoms with Crippen molar-refractivity contribution >= 4 is 11.8 Å². The fraction of sp³-hybridized carbons (Fsp3) is 0.633. The predicted octanol–water partition coefficient (Wildman–Crippen LogP) is 4.89. The van der Waals surface area contributed by atoms with Crippen LogP contribution in [0.3, 0.4) is 0 Å². The minimum Gasteiger partial charge on any atom is -0.493 e. The smallest absolute Gasteiger partial charge is 0.272 e. The molecule has 202 valence electrons. The molecule has 0 bridgehead atoms. The highest BCUT2D eigenvalue weighted by Gasteiger charge is 2.38. The second kappa shape index (κ2) is 12.1. The third kappa shape index (κ3) is 6.93. The molecular weight excluding hydrogens is 464 g/mol. The van der Waals surface area contributed by atoms with Crippen LogP contribution in [0, 0.1) is 11.3 Å². The maximum atomic E-state index is 13.4. The topological polar surface area (TPSA) is 67.7 Å². The molecule has 0 radical (unpaired) electrons. The van der Waals surface area contributed by atoms with Crippen molar-refractivity contribution in [1.29, 1.82) is 0 Å². The van der Waals surface area contributed by atoms with Gasteiger partial charge >= 0.3 is 0 Å². The Morgan fingerprint density at radius 3 is 2.57 bits per heavy atom. The zero-order valence-corrected chi connectivity index (χ0v) is 23.2. The monoisotopic (exact) mass is 508 g/mol. The molecule has 1 aromatic carbocycles. The first kappa shape index (κ1) is 27.2. The Labute approximate surface area is 222 Å². The standard InChI is InChI=1S/C30H44N4O3/c1-23(2)20-25-21-26(33(4)31-25)29(36)34-17-15-30(16-18-34)14-8-7-11-24-10-5-6-12-27(24)37-19-9-13-28(35)32(3)22-30/h5-6,10,12,21,23H,7-9,11,13-20,22H2,1-4H3. The molecule has 7 nitrogen and oxygen atoms in total. The summed E-state index contributed by atoms with van der Waals surface area (Å²) in [5, 5.41) is 4.57. The Morgan fingerprint density at radius 1 is 1.05 bits per heavy atom. The average molecular weight is 509 g/mol. The van der Waals surface area contributed by atoms with Crippen LogP contribution in [0.2, 0.25) is 0 Å². The number of aryl methyl sites for hydroxylation is 2. The van der Waals surface area contributed by atoms with Gasteiger partial charge in [0.25, 0.3) is 5.91 Å². The quantitative estimate of drug-likeness (QED) is 0.592. The van der Waals surface area contributed by atoms with Crippen LogP contribution >= 0.6 is 0 Å². The van der Waals surface area contributed by atoms with Crippen LogP contribution in [0.15, 0.2) is 30.3 Å². The van der Waals surface area contributed by atoms with Crippen LogP contribution < -0.4 is 4.74 Å². The van der Waals surface area contributed by atoms with E-state index in [1.54, 1.807) is 4.68 Å². The van der Waals surface area contributed by atoms with Crippen molar-refractivity contribution in [1.82, 2.24) is 19.6 Å². The third-order valence-corrected chi connectivity index (χ3v) is 8.04. The summed E-state index contributed by atoms with van der Waals surface area (Å²) in [5.41, 5.74) is 2.96. The third-order valence-electron chi connectivity index (χ3n) is 8.04. The first-order valence-corrected chi connectivity index (χ1v) is 14.0. The minimum atomic E-state index is 0.0522. The molecule has 4 rings (SSSR count). The van der Waals surface area contributed by atoms with Crippen LogP contribution in [-0.4, -0.2) is 64.7 Å². The van der Waals surface area contributed by atoms with Crippen LogP contribution in [0.4, 0.5) is 0 Å². The van der Waals surface area contributed by atoms with Crippen molar-refractivity contribution in [2.45, 2.75) is 71.6 Å². The average Bonchev–Trinajstić information content (AvgIpc) is 3.23. The number of piperidine rings is 1. The molecular formula is C30H44N4O3. The lowest BCUT2D eigenvalue weighted by Gasteiger charge is -2.44. The second-order valence-corrected chi connectivity index (χ2v) is 11.6. The fourth-order valence-corrected chi connectivity index (χ4v) is 5.93. The normalized spacial score (nSPS) is 19.4. The van der Waals surface area contributed by atoms with Crippen LogP contribution in [0.1, 0.15) is 80.5 Å². The summed E-state index contributed by atoms with van der Waals surface area (Å²) in [7, 11) is 3.80. The Morgan fingerprint density at radius 2 is 1.81 bits per heavy atom. The molecule has 0 N–H and O–H groups in total.